The second-order valence-corrected chi connectivity index (χ2v) is 12.3. The Bertz CT molecular complexity index is 1690. The van der Waals surface area contributed by atoms with Crippen LogP contribution in [0.15, 0.2) is 29.1 Å². The van der Waals surface area contributed by atoms with Gasteiger partial charge in [-0.15, -0.1) is 12.4 Å². The number of benzene rings is 1. The molecule has 0 saturated carbocycles. The van der Waals surface area contributed by atoms with E-state index in [9.17, 15) is 19.5 Å². The van der Waals surface area contributed by atoms with Crippen molar-refractivity contribution in [3.63, 3.8) is 0 Å². The molecule has 44 heavy (non-hydrogen) atoms. The molecule has 4 aliphatic heterocycles. The van der Waals surface area contributed by atoms with Crippen LogP contribution in [-0.2, 0) is 34.7 Å². The minimum Gasteiger partial charge on any atom is -0.458 e. The van der Waals surface area contributed by atoms with Crippen molar-refractivity contribution < 1.29 is 24.2 Å². The van der Waals surface area contributed by atoms with Crippen LogP contribution in [0.1, 0.15) is 74.6 Å². The number of cyclic esters (lactones) is 1. The predicted molar refractivity (Wildman–Crippen MR) is 167 cm³/mol. The number of halogens is 1. The molecule has 11 heteroatoms. The van der Waals surface area contributed by atoms with Crippen molar-refractivity contribution in [3.8, 4) is 17.1 Å². The molecule has 6 heterocycles. The molecule has 0 bridgehead atoms. The van der Waals surface area contributed by atoms with Gasteiger partial charge >= 0.3 is 12.1 Å². The smallest absolute Gasteiger partial charge is 0.415 e. The lowest BCUT2D eigenvalue weighted by atomic mass is 9.86. The van der Waals surface area contributed by atoms with Crippen LogP contribution in [0.4, 0.5) is 4.79 Å². The van der Waals surface area contributed by atoms with Gasteiger partial charge < -0.3 is 28.9 Å². The Labute approximate surface area is 262 Å². The molecule has 0 radical (unpaired) electrons. The highest BCUT2D eigenvalue weighted by molar-refractivity contribution is 5.93. The number of esters is 1. The minimum atomic E-state index is -1.87. The molecule has 1 amide bonds. The second-order valence-electron chi connectivity index (χ2n) is 12.3. The first-order valence-corrected chi connectivity index (χ1v) is 15.7. The summed E-state index contributed by atoms with van der Waals surface area (Å²) in [5.74, 6) is -0.292. The van der Waals surface area contributed by atoms with Gasteiger partial charge in [0.2, 0.25) is 0 Å². The number of aliphatic hydroxyl groups is 1. The largest absolute Gasteiger partial charge is 0.458 e. The molecule has 1 N–H and O–H groups in total. The number of ether oxygens (including phenoxy) is 2. The molecule has 2 saturated heterocycles. The predicted octanol–water partition coefficient (Wildman–Crippen LogP) is 4.51. The number of carbonyl (C=O) groups excluding carboxylic acids is 2. The summed E-state index contributed by atoms with van der Waals surface area (Å²) in [4.78, 5) is 48.8. The third-order valence-electron chi connectivity index (χ3n) is 9.93. The molecule has 3 aromatic rings. The van der Waals surface area contributed by atoms with Crippen LogP contribution in [0.25, 0.3) is 22.3 Å². The maximum atomic E-state index is 13.6. The molecule has 2 fully saturated rings. The minimum absolute atomic E-state index is 0. The Balaban J connectivity index is 0.00000343. The Hall–Kier alpha value is -3.47. The second kappa shape index (κ2) is 11.8. The number of nitrogens with zero attached hydrogens (tertiary/aromatic N) is 4. The van der Waals surface area contributed by atoms with E-state index in [1.807, 2.05) is 25.1 Å². The van der Waals surface area contributed by atoms with Gasteiger partial charge in [-0.2, -0.15) is 0 Å². The highest BCUT2D eigenvalue weighted by atomic mass is 35.5. The number of piperidine rings is 2. The summed E-state index contributed by atoms with van der Waals surface area (Å²) in [7, 11) is 0. The summed E-state index contributed by atoms with van der Waals surface area (Å²) >= 11 is 0. The monoisotopic (exact) mass is 622 g/mol. The fourth-order valence-corrected chi connectivity index (χ4v) is 7.33. The number of fused-ring (bicyclic) bond motifs is 5. The molecule has 2 aromatic heterocycles. The molecule has 0 aliphatic carbocycles. The summed E-state index contributed by atoms with van der Waals surface area (Å²) in [6.07, 6.45) is 6.21. The normalized spacial score (nSPS) is 21.7. The fraction of sp³-hybridized carbons (Fsp3) is 0.515. The highest BCUT2D eigenvalue weighted by Crippen LogP contribution is 2.40. The van der Waals surface area contributed by atoms with E-state index in [4.69, 9.17) is 14.5 Å². The van der Waals surface area contributed by atoms with E-state index in [2.05, 4.69) is 4.90 Å². The summed E-state index contributed by atoms with van der Waals surface area (Å²) in [5.41, 5.74) is 2.10. The Kier molecular flexibility index (Phi) is 8.19. The topological polar surface area (TPSA) is 114 Å². The van der Waals surface area contributed by atoms with Gasteiger partial charge in [0.05, 0.1) is 29.0 Å². The fourth-order valence-electron chi connectivity index (χ4n) is 7.33. The highest BCUT2D eigenvalue weighted by Gasteiger charge is 2.45. The molecule has 1 atom stereocenters. The maximum Gasteiger partial charge on any atom is 0.415 e. The van der Waals surface area contributed by atoms with Gasteiger partial charge in [0, 0.05) is 35.6 Å². The third-order valence-corrected chi connectivity index (χ3v) is 9.93. The van der Waals surface area contributed by atoms with Gasteiger partial charge in [-0.3, -0.25) is 4.79 Å². The number of pyridine rings is 2. The van der Waals surface area contributed by atoms with Gasteiger partial charge in [-0.05, 0) is 75.4 Å². The molecule has 0 spiro atoms. The number of amides is 1. The van der Waals surface area contributed by atoms with Gasteiger partial charge in [0.15, 0.2) is 5.60 Å². The standard InChI is InChI=1S/C33H38N4O6.ClH/c1-3-20-8-9-27(43-32(40)36-14-10-22(11-15-36)35-12-6-5-7-13-35)23-16-21-18-37-26(29(21)34-28(20)23)17-25-24(30(37)38)19-42-31(39)33(25,41)4-2;/h8-9,16-17,22,41H,3-7,10-15,18-19H2,1-2H3;1H/t33-;/m0./s1. The number of likely N-dealkylation sites (tertiary alicyclic amines) is 2. The lowest BCUT2D eigenvalue weighted by Gasteiger charge is -2.39. The molecule has 1 aromatic carbocycles. The van der Waals surface area contributed by atoms with E-state index in [-0.39, 0.29) is 49.2 Å². The van der Waals surface area contributed by atoms with Gasteiger partial charge in [0.1, 0.15) is 12.4 Å². The van der Waals surface area contributed by atoms with Crippen molar-refractivity contribution in [1.29, 1.82) is 0 Å². The first-order valence-electron chi connectivity index (χ1n) is 15.7. The van der Waals surface area contributed by atoms with Crippen LogP contribution >= 0.6 is 12.4 Å². The number of carbonyl (C=O) groups is 2. The quantitative estimate of drug-likeness (QED) is 0.331. The van der Waals surface area contributed by atoms with Crippen molar-refractivity contribution >= 4 is 35.4 Å². The molecule has 4 aliphatic rings. The number of hydrogen-bond acceptors (Lipinski definition) is 8. The van der Waals surface area contributed by atoms with E-state index in [1.165, 1.54) is 19.3 Å². The van der Waals surface area contributed by atoms with E-state index in [1.54, 1.807) is 22.5 Å². The first kappa shape index (κ1) is 30.6. The van der Waals surface area contributed by atoms with Crippen molar-refractivity contribution in [2.75, 3.05) is 26.2 Å². The SMILES string of the molecule is CCc1ccc(OC(=O)N2CCC(N3CCCCC3)CC2)c2cc3c(nc12)-c1cc2c(c(=O)n1C3)COC(=O)[C@]2(O)CC.Cl. The Morgan fingerprint density at radius 3 is 2.55 bits per heavy atom. The van der Waals surface area contributed by atoms with E-state index in [0.29, 0.717) is 47.3 Å². The zero-order chi connectivity index (χ0) is 29.9. The first-order chi connectivity index (χ1) is 20.8. The number of aryl methyl sites for hydroxylation is 1. The molecule has 10 nitrogen and oxygen atoms in total. The molecule has 0 unspecified atom stereocenters. The van der Waals surface area contributed by atoms with Crippen LogP contribution in [0.2, 0.25) is 0 Å². The Morgan fingerprint density at radius 2 is 1.84 bits per heavy atom. The Morgan fingerprint density at radius 1 is 1.09 bits per heavy atom. The van der Waals surface area contributed by atoms with E-state index in [0.717, 1.165) is 48.9 Å². The van der Waals surface area contributed by atoms with Crippen LogP contribution < -0.4 is 10.3 Å². The summed E-state index contributed by atoms with van der Waals surface area (Å²) < 4.78 is 12.8. The van der Waals surface area contributed by atoms with Crippen LogP contribution in [-0.4, -0.2) is 68.7 Å². The zero-order valence-electron chi connectivity index (χ0n) is 25.3. The summed E-state index contributed by atoms with van der Waals surface area (Å²) in [6, 6.07) is 7.99. The van der Waals surface area contributed by atoms with Gasteiger partial charge in [0.25, 0.3) is 5.56 Å². The molecule has 7 rings (SSSR count). The van der Waals surface area contributed by atoms with Crippen molar-refractivity contribution in [1.82, 2.24) is 19.4 Å². The average molecular weight is 623 g/mol. The molecule has 234 valence electrons. The number of hydrogen-bond donors (Lipinski definition) is 1. The van der Waals surface area contributed by atoms with Gasteiger partial charge in [-0.25, -0.2) is 14.6 Å². The van der Waals surface area contributed by atoms with E-state index >= 15 is 0 Å². The van der Waals surface area contributed by atoms with E-state index < -0.39 is 11.6 Å². The number of aromatic nitrogens is 2. The summed E-state index contributed by atoms with van der Waals surface area (Å²) in [6.45, 7) is 7.52. The maximum absolute atomic E-state index is 13.6. The zero-order valence-corrected chi connectivity index (χ0v) is 26.1. The van der Waals surface area contributed by atoms with Crippen LogP contribution in [0.3, 0.4) is 0 Å². The third kappa shape index (κ3) is 4.87. The van der Waals surface area contributed by atoms with Gasteiger partial charge in [-0.1, -0.05) is 26.3 Å². The molecular formula is C33H39ClN4O6. The van der Waals surface area contributed by atoms with Crippen molar-refractivity contribution in [2.24, 2.45) is 0 Å². The van der Waals surface area contributed by atoms with Crippen LogP contribution in [0.5, 0.6) is 5.75 Å². The average Bonchev–Trinajstić information content (AvgIpc) is 3.40. The van der Waals surface area contributed by atoms with Crippen molar-refractivity contribution in [2.45, 2.75) is 83.6 Å². The number of rotatable bonds is 4. The van der Waals surface area contributed by atoms with Crippen molar-refractivity contribution in [3.05, 3.63) is 56.9 Å². The van der Waals surface area contributed by atoms with Crippen LogP contribution in [0, 0.1) is 0 Å². The molecular weight excluding hydrogens is 584 g/mol. The lowest BCUT2D eigenvalue weighted by molar-refractivity contribution is -0.172. The lowest BCUT2D eigenvalue weighted by Crippen LogP contribution is -2.48. The summed E-state index contributed by atoms with van der Waals surface area (Å²) in [5, 5.41) is 11.9.